The molecule has 2 N–H and O–H groups in total. The Hall–Kier alpha value is -1.62. The van der Waals surface area contributed by atoms with Crippen molar-refractivity contribution in [3.05, 3.63) is 22.7 Å². The SMILES string of the molecule is CCN(CC1CC1)C(=O)c1sc2nc(C)ccc2c1N. The first-order valence-corrected chi connectivity index (χ1v) is 7.86. The largest absolute Gasteiger partial charge is 0.397 e. The number of rotatable bonds is 4. The second kappa shape index (κ2) is 5.05. The highest BCUT2D eigenvalue weighted by molar-refractivity contribution is 7.21. The zero-order valence-electron chi connectivity index (χ0n) is 11.8. The molecule has 1 aliphatic carbocycles. The highest BCUT2D eigenvalue weighted by atomic mass is 32.1. The number of hydrogen-bond acceptors (Lipinski definition) is 4. The Kier molecular flexibility index (Phi) is 3.38. The molecule has 0 saturated heterocycles. The Labute approximate surface area is 122 Å². The minimum absolute atomic E-state index is 0.0533. The lowest BCUT2D eigenvalue weighted by Gasteiger charge is -2.20. The number of hydrogen-bond donors (Lipinski definition) is 1. The zero-order chi connectivity index (χ0) is 14.3. The van der Waals surface area contributed by atoms with Gasteiger partial charge in [0, 0.05) is 24.2 Å². The van der Waals surface area contributed by atoms with Gasteiger partial charge in [0.2, 0.25) is 0 Å². The van der Waals surface area contributed by atoms with Crippen molar-refractivity contribution in [1.82, 2.24) is 9.88 Å². The molecule has 5 heteroatoms. The van der Waals surface area contributed by atoms with Crippen LogP contribution in [0.15, 0.2) is 12.1 Å². The van der Waals surface area contributed by atoms with Crippen molar-refractivity contribution in [2.45, 2.75) is 26.7 Å². The lowest BCUT2D eigenvalue weighted by Crippen LogP contribution is -2.32. The Bertz CT molecular complexity index is 660. The Balaban J connectivity index is 1.95. The van der Waals surface area contributed by atoms with Gasteiger partial charge in [-0.2, -0.15) is 0 Å². The van der Waals surface area contributed by atoms with Crippen LogP contribution < -0.4 is 5.73 Å². The normalized spacial score (nSPS) is 14.7. The van der Waals surface area contributed by atoms with Crippen LogP contribution >= 0.6 is 11.3 Å². The van der Waals surface area contributed by atoms with Gasteiger partial charge in [0.25, 0.3) is 5.91 Å². The molecule has 106 valence electrons. The first-order valence-electron chi connectivity index (χ1n) is 7.05. The number of pyridine rings is 1. The monoisotopic (exact) mass is 289 g/mol. The van der Waals surface area contributed by atoms with E-state index in [4.69, 9.17) is 5.73 Å². The maximum atomic E-state index is 12.6. The van der Waals surface area contributed by atoms with Crippen molar-refractivity contribution in [2.75, 3.05) is 18.8 Å². The molecule has 0 radical (unpaired) electrons. The van der Waals surface area contributed by atoms with Crippen molar-refractivity contribution < 1.29 is 4.79 Å². The molecule has 2 aromatic rings. The van der Waals surface area contributed by atoms with Gasteiger partial charge in [-0.3, -0.25) is 4.79 Å². The topological polar surface area (TPSA) is 59.2 Å². The molecular weight excluding hydrogens is 270 g/mol. The van der Waals surface area contributed by atoms with Crippen molar-refractivity contribution >= 4 is 33.1 Å². The number of thiophene rings is 1. The number of anilines is 1. The fourth-order valence-corrected chi connectivity index (χ4v) is 3.47. The van der Waals surface area contributed by atoms with Gasteiger partial charge in [-0.05, 0) is 44.7 Å². The van der Waals surface area contributed by atoms with Crippen LogP contribution in [0.2, 0.25) is 0 Å². The lowest BCUT2D eigenvalue weighted by atomic mass is 10.2. The summed E-state index contributed by atoms with van der Waals surface area (Å²) in [5.41, 5.74) is 7.68. The van der Waals surface area contributed by atoms with Gasteiger partial charge >= 0.3 is 0 Å². The number of fused-ring (bicyclic) bond motifs is 1. The molecular formula is C15H19N3OS. The third kappa shape index (κ3) is 2.38. The fourth-order valence-electron chi connectivity index (χ4n) is 2.36. The first kappa shape index (κ1) is 13.4. The number of nitrogens with two attached hydrogens (primary N) is 1. The Morgan fingerprint density at radius 2 is 2.25 bits per heavy atom. The number of nitrogen functional groups attached to an aromatic ring is 1. The third-order valence-corrected chi connectivity index (χ3v) is 4.87. The van der Waals surface area contributed by atoms with Crippen molar-refractivity contribution in [3.63, 3.8) is 0 Å². The minimum atomic E-state index is 0.0533. The van der Waals surface area contributed by atoms with Gasteiger partial charge in [-0.1, -0.05) is 0 Å². The number of aryl methyl sites for hydroxylation is 1. The van der Waals surface area contributed by atoms with E-state index in [2.05, 4.69) is 4.98 Å². The molecule has 1 amide bonds. The van der Waals surface area contributed by atoms with E-state index < -0.39 is 0 Å². The maximum absolute atomic E-state index is 12.6. The number of amides is 1. The average Bonchev–Trinajstić information content (AvgIpc) is 3.19. The van der Waals surface area contributed by atoms with E-state index >= 15 is 0 Å². The predicted molar refractivity (Wildman–Crippen MR) is 83.1 cm³/mol. The van der Waals surface area contributed by atoms with Gasteiger partial charge < -0.3 is 10.6 Å². The molecule has 1 aliphatic rings. The van der Waals surface area contributed by atoms with Crippen molar-refractivity contribution in [3.8, 4) is 0 Å². The Morgan fingerprint density at radius 1 is 1.50 bits per heavy atom. The van der Waals surface area contributed by atoms with E-state index in [0.29, 0.717) is 16.5 Å². The first-order chi connectivity index (χ1) is 9.60. The number of carbonyl (C=O) groups is 1. The van der Waals surface area contributed by atoms with Gasteiger partial charge in [-0.15, -0.1) is 11.3 Å². The molecule has 20 heavy (non-hydrogen) atoms. The summed E-state index contributed by atoms with van der Waals surface area (Å²) >= 11 is 1.41. The second-order valence-electron chi connectivity index (χ2n) is 5.44. The van der Waals surface area contributed by atoms with Gasteiger partial charge in [0.1, 0.15) is 9.71 Å². The molecule has 0 unspecified atom stereocenters. The summed E-state index contributed by atoms with van der Waals surface area (Å²) in [5.74, 6) is 0.743. The van der Waals surface area contributed by atoms with E-state index in [0.717, 1.165) is 29.0 Å². The number of aromatic nitrogens is 1. The van der Waals surface area contributed by atoms with Crippen LogP contribution in [-0.2, 0) is 0 Å². The smallest absolute Gasteiger partial charge is 0.266 e. The zero-order valence-corrected chi connectivity index (χ0v) is 12.7. The molecule has 3 rings (SSSR count). The summed E-state index contributed by atoms with van der Waals surface area (Å²) in [4.78, 5) is 20.5. The van der Waals surface area contributed by atoms with Crippen LogP contribution in [-0.4, -0.2) is 28.9 Å². The summed E-state index contributed by atoms with van der Waals surface area (Å²) in [5, 5.41) is 0.895. The highest BCUT2D eigenvalue weighted by Gasteiger charge is 2.28. The van der Waals surface area contributed by atoms with Crippen LogP contribution in [0.1, 0.15) is 35.1 Å². The van der Waals surface area contributed by atoms with Crippen LogP contribution in [0.5, 0.6) is 0 Å². The van der Waals surface area contributed by atoms with Crippen molar-refractivity contribution in [2.24, 2.45) is 5.92 Å². The summed E-state index contributed by atoms with van der Waals surface area (Å²) < 4.78 is 0. The van der Waals surface area contributed by atoms with Gasteiger partial charge in [0.15, 0.2) is 0 Å². The molecule has 1 saturated carbocycles. The minimum Gasteiger partial charge on any atom is -0.397 e. The highest BCUT2D eigenvalue weighted by Crippen LogP contribution is 2.35. The van der Waals surface area contributed by atoms with E-state index in [-0.39, 0.29) is 5.91 Å². The fraction of sp³-hybridized carbons (Fsp3) is 0.467. The van der Waals surface area contributed by atoms with Crippen LogP contribution in [0.4, 0.5) is 5.69 Å². The molecule has 4 nitrogen and oxygen atoms in total. The molecule has 2 aromatic heterocycles. The van der Waals surface area contributed by atoms with E-state index in [9.17, 15) is 4.79 Å². The van der Waals surface area contributed by atoms with Gasteiger partial charge in [-0.25, -0.2) is 4.98 Å². The van der Waals surface area contributed by atoms with Crippen molar-refractivity contribution in [1.29, 1.82) is 0 Å². The van der Waals surface area contributed by atoms with Crippen LogP contribution in [0.3, 0.4) is 0 Å². The summed E-state index contributed by atoms with van der Waals surface area (Å²) in [6.07, 6.45) is 2.48. The predicted octanol–water partition coefficient (Wildman–Crippen LogP) is 3.06. The number of carbonyl (C=O) groups excluding carboxylic acids is 1. The quantitative estimate of drug-likeness (QED) is 0.941. The average molecular weight is 289 g/mol. The maximum Gasteiger partial charge on any atom is 0.266 e. The molecule has 0 spiro atoms. The van der Waals surface area contributed by atoms with E-state index in [1.165, 1.54) is 24.2 Å². The molecule has 0 bridgehead atoms. The summed E-state index contributed by atoms with van der Waals surface area (Å²) in [6.45, 7) is 5.55. The number of nitrogens with zero attached hydrogens (tertiary/aromatic N) is 2. The third-order valence-electron chi connectivity index (χ3n) is 3.77. The molecule has 0 aromatic carbocycles. The molecule has 2 heterocycles. The lowest BCUT2D eigenvalue weighted by molar-refractivity contribution is 0.0763. The standard InChI is InChI=1S/C15H19N3OS/c1-3-18(8-10-5-6-10)15(19)13-12(16)11-7-4-9(2)17-14(11)20-13/h4,7,10H,3,5-6,8,16H2,1-2H3. The second-order valence-corrected chi connectivity index (χ2v) is 6.44. The van der Waals surface area contributed by atoms with Gasteiger partial charge in [0.05, 0.1) is 5.69 Å². The summed E-state index contributed by atoms with van der Waals surface area (Å²) in [7, 11) is 0. The Morgan fingerprint density at radius 3 is 2.90 bits per heavy atom. The molecule has 1 fully saturated rings. The summed E-state index contributed by atoms with van der Waals surface area (Å²) in [6, 6.07) is 3.89. The van der Waals surface area contributed by atoms with E-state index in [1.807, 2.05) is 30.9 Å². The van der Waals surface area contributed by atoms with Crippen LogP contribution in [0.25, 0.3) is 10.2 Å². The van der Waals surface area contributed by atoms with E-state index in [1.54, 1.807) is 0 Å². The molecule has 0 aliphatic heterocycles. The van der Waals surface area contributed by atoms with Crippen LogP contribution in [0, 0.1) is 12.8 Å². The molecule has 0 atom stereocenters.